The van der Waals surface area contributed by atoms with Crippen molar-refractivity contribution < 1.29 is 19.4 Å². The Bertz CT molecular complexity index is 487. The summed E-state index contributed by atoms with van der Waals surface area (Å²) >= 11 is 5.70. The maximum atomic E-state index is 11.9. The predicted molar refractivity (Wildman–Crippen MR) is 63.6 cm³/mol. The second-order valence-electron chi connectivity index (χ2n) is 4.50. The van der Waals surface area contributed by atoms with Gasteiger partial charge >= 0.3 is 5.97 Å². The van der Waals surface area contributed by atoms with Gasteiger partial charge in [-0.25, -0.2) is 0 Å². The zero-order valence-electron chi connectivity index (χ0n) is 9.70. The molecule has 1 aliphatic heterocycles. The summed E-state index contributed by atoms with van der Waals surface area (Å²) in [7, 11) is 0. The number of carbonyl (C=O) groups is 2. The summed E-state index contributed by atoms with van der Waals surface area (Å²) in [6, 6.07) is 0.912. The first-order valence-corrected chi connectivity index (χ1v) is 5.77. The number of rotatable bonds is 3. The average molecular weight is 273 g/mol. The molecule has 0 spiro atoms. The van der Waals surface area contributed by atoms with Crippen molar-refractivity contribution in [1.29, 1.82) is 0 Å². The minimum absolute atomic E-state index is 0.0821. The lowest BCUT2D eigenvalue weighted by atomic mass is 9.85. The van der Waals surface area contributed by atoms with E-state index in [0.717, 1.165) is 0 Å². The molecule has 1 saturated heterocycles. The Morgan fingerprint density at radius 1 is 1.67 bits per heavy atom. The van der Waals surface area contributed by atoms with Crippen LogP contribution in [0.25, 0.3) is 0 Å². The van der Waals surface area contributed by atoms with Gasteiger partial charge in [-0.2, -0.15) is 0 Å². The number of aromatic nitrogens is 1. The van der Waals surface area contributed by atoms with E-state index >= 15 is 0 Å². The highest BCUT2D eigenvalue weighted by molar-refractivity contribution is 6.30. The summed E-state index contributed by atoms with van der Waals surface area (Å²) in [6.45, 7) is 1.82. The molecule has 7 heteroatoms. The number of halogens is 1. The van der Waals surface area contributed by atoms with E-state index < -0.39 is 23.3 Å². The highest BCUT2D eigenvalue weighted by Gasteiger charge is 2.47. The van der Waals surface area contributed by atoms with Crippen molar-refractivity contribution in [2.24, 2.45) is 5.41 Å². The maximum Gasteiger partial charge on any atom is 0.313 e. The number of hydrogen-bond acceptors (Lipinski definition) is 3. The summed E-state index contributed by atoms with van der Waals surface area (Å²) in [5, 5.41) is 12.2. The van der Waals surface area contributed by atoms with Crippen LogP contribution in [0.3, 0.4) is 0 Å². The second-order valence-corrected chi connectivity index (χ2v) is 4.93. The van der Waals surface area contributed by atoms with Crippen LogP contribution in [-0.2, 0) is 9.53 Å². The van der Waals surface area contributed by atoms with E-state index in [-0.39, 0.29) is 13.2 Å². The fourth-order valence-electron chi connectivity index (χ4n) is 1.82. The van der Waals surface area contributed by atoms with E-state index in [1.807, 2.05) is 0 Å². The van der Waals surface area contributed by atoms with Crippen molar-refractivity contribution in [1.82, 2.24) is 10.3 Å². The van der Waals surface area contributed by atoms with E-state index in [4.69, 9.17) is 16.3 Å². The van der Waals surface area contributed by atoms with E-state index in [9.17, 15) is 14.7 Å². The van der Waals surface area contributed by atoms with Crippen LogP contribution in [0.5, 0.6) is 0 Å². The third-order valence-electron chi connectivity index (χ3n) is 3.14. The molecule has 98 valence electrons. The molecule has 2 rings (SSSR count). The molecule has 2 atom stereocenters. The quantitative estimate of drug-likeness (QED) is 0.762. The fourth-order valence-corrected chi connectivity index (χ4v) is 1.98. The molecule has 6 nitrogen and oxygen atoms in total. The number of hydrogen-bond donors (Lipinski definition) is 3. The molecule has 1 aromatic heterocycles. The van der Waals surface area contributed by atoms with Gasteiger partial charge in [0.1, 0.15) is 11.1 Å². The SMILES string of the molecule is CC1(C(=O)O)COCC1NC(=O)c1cc(Cl)c[nH]1. The molecule has 0 aromatic carbocycles. The molecule has 3 N–H and O–H groups in total. The molecule has 2 unspecified atom stereocenters. The topological polar surface area (TPSA) is 91.4 Å². The number of carboxylic acids is 1. The zero-order valence-corrected chi connectivity index (χ0v) is 10.5. The summed E-state index contributed by atoms with van der Waals surface area (Å²) in [5.41, 5.74) is -0.814. The number of aromatic amines is 1. The molecular formula is C11H13ClN2O4. The first kappa shape index (κ1) is 12.9. The second kappa shape index (κ2) is 4.62. The standard InChI is InChI=1S/C11H13ClN2O4/c1-11(10(16)17)5-18-4-8(11)14-9(15)7-2-6(12)3-13-7/h2-3,8,13H,4-5H2,1H3,(H,14,15)(H,16,17). The molecule has 1 fully saturated rings. The molecule has 1 aliphatic rings. The number of carbonyl (C=O) groups excluding carboxylic acids is 1. The fraction of sp³-hybridized carbons (Fsp3) is 0.455. The minimum atomic E-state index is -1.11. The van der Waals surface area contributed by atoms with Crippen LogP contribution in [-0.4, -0.2) is 41.2 Å². The summed E-state index contributed by atoms with van der Waals surface area (Å²) < 4.78 is 5.14. The van der Waals surface area contributed by atoms with Crippen molar-refractivity contribution >= 4 is 23.5 Å². The van der Waals surface area contributed by atoms with E-state index in [1.165, 1.54) is 12.3 Å². The van der Waals surface area contributed by atoms with Gasteiger partial charge in [0.25, 0.3) is 5.91 Å². The first-order valence-electron chi connectivity index (χ1n) is 5.39. The molecule has 0 aliphatic carbocycles. The minimum Gasteiger partial charge on any atom is -0.481 e. The zero-order chi connectivity index (χ0) is 13.3. The van der Waals surface area contributed by atoms with Gasteiger partial charge < -0.3 is 20.1 Å². The molecule has 2 heterocycles. The van der Waals surface area contributed by atoms with Crippen LogP contribution in [0.15, 0.2) is 12.3 Å². The van der Waals surface area contributed by atoms with Gasteiger partial charge in [0.05, 0.1) is 24.3 Å². The third kappa shape index (κ3) is 2.21. The van der Waals surface area contributed by atoms with E-state index in [0.29, 0.717) is 10.7 Å². The highest BCUT2D eigenvalue weighted by atomic mass is 35.5. The number of carboxylic acid groups (broad SMARTS) is 1. The molecule has 0 bridgehead atoms. The third-order valence-corrected chi connectivity index (χ3v) is 3.36. The van der Waals surface area contributed by atoms with Gasteiger partial charge in [-0.3, -0.25) is 9.59 Å². The lowest BCUT2D eigenvalue weighted by Crippen LogP contribution is -2.49. The van der Waals surface area contributed by atoms with Crippen LogP contribution in [0, 0.1) is 5.41 Å². The normalized spacial score (nSPS) is 27.1. The molecule has 1 amide bonds. The number of ether oxygens (including phenoxy) is 1. The molecule has 0 radical (unpaired) electrons. The number of H-pyrrole nitrogens is 1. The van der Waals surface area contributed by atoms with Crippen molar-refractivity contribution in [3.05, 3.63) is 23.0 Å². The van der Waals surface area contributed by atoms with Crippen molar-refractivity contribution in [2.45, 2.75) is 13.0 Å². The number of amides is 1. The van der Waals surface area contributed by atoms with E-state index in [1.54, 1.807) is 6.92 Å². The van der Waals surface area contributed by atoms with Crippen LogP contribution in [0.2, 0.25) is 5.02 Å². The Labute approximate surface area is 108 Å². The van der Waals surface area contributed by atoms with Gasteiger partial charge in [-0.15, -0.1) is 0 Å². The Balaban J connectivity index is 2.10. The van der Waals surface area contributed by atoms with Crippen LogP contribution >= 0.6 is 11.6 Å². The first-order chi connectivity index (χ1) is 8.43. The maximum absolute atomic E-state index is 11.9. The monoisotopic (exact) mass is 272 g/mol. The van der Waals surface area contributed by atoms with Crippen LogP contribution in [0.4, 0.5) is 0 Å². The van der Waals surface area contributed by atoms with E-state index in [2.05, 4.69) is 10.3 Å². The van der Waals surface area contributed by atoms with Crippen LogP contribution in [0.1, 0.15) is 17.4 Å². The van der Waals surface area contributed by atoms with Crippen molar-refractivity contribution in [2.75, 3.05) is 13.2 Å². The van der Waals surface area contributed by atoms with Crippen molar-refractivity contribution in [3.8, 4) is 0 Å². The smallest absolute Gasteiger partial charge is 0.313 e. The molecule has 0 saturated carbocycles. The summed E-state index contributed by atoms with van der Waals surface area (Å²) in [4.78, 5) is 25.8. The van der Waals surface area contributed by atoms with Gasteiger partial charge in [0.15, 0.2) is 0 Å². The number of nitrogens with one attached hydrogen (secondary N) is 2. The molecular weight excluding hydrogens is 260 g/mol. The van der Waals surface area contributed by atoms with Gasteiger partial charge in [-0.1, -0.05) is 11.6 Å². The van der Waals surface area contributed by atoms with Crippen LogP contribution < -0.4 is 5.32 Å². The Kier molecular flexibility index (Phi) is 3.32. The van der Waals surface area contributed by atoms with Gasteiger partial charge in [-0.05, 0) is 13.0 Å². The van der Waals surface area contributed by atoms with Gasteiger partial charge in [0.2, 0.25) is 0 Å². The highest BCUT2D eigenvalue weighted by Crippen LogP contribution is 2.28. The number of aliphatic carboxylic acids is 1. The average Bonchev–Trinajstić information content (AvgIpc) is 2.87. The lowest BCUT2D eigenvalue weighted by Gasteiger charge is -2.25. The van der Waals surface area contributed by atoms with Crippen molar-refractivity contribution in [3.63, 3.8) is 0 Å². The largest absolute Gasteiger partial charge is 0.481 e. The Hall–Kier alpha value is -1.53. The van der Waals surface area contributed by atoms with Gasteiger partial charge in [0, 0.05) is 6.20 Å². The summed E-state index contributed by atoms with van der Waals surface area (Å²) in [6.07, 6.45) is 1.48. The Morgan fingerprint density at radius 3 is 2.94 bits per heavy atom. The molecule has 1 aromatic rings. The predicted octanol–water partition coefficient (Wildman–Crippen LogP) is 0.888. The Morgan fingerprint density at radius 2 is 2.39 bits per heavy atom. The lowest BCUT2D eigenvalue weighted by molar-refractivity contribution is -0.148. The summed E-state index contributed by atoms with van der Waals surface area (Å²) in [5.74, 6) is -1.39. The molecule has 18 heavy (non-hydrogen) atoms.